The number of piperidine rings is 1. The predicted molar refractivity (Wildman–Crippen MR) is 94.0 cm³/mol. The maximum atomic E-state index is 12.8. The van der Waals surface area contributed by atoms with Crippen LogP contribution in [0.1, 0.15) is 24.1 Å². The van der Waals surface area contributed by atoms with Crippen molar-refractivity contribution in [3.8, 4) is 11.8 Å². The van der Waals surface area contributed by atoms with E-state index in [2.05, 4.69) is 9.97 Å². The Balaban J connectivity index is 1.59. The number of carbonyl (C=O) groups is 1. The van der Waals surface area contributed by atoms with E-state index < -0.39 is 18.0 Å². The van der Waals surface area contributed by atoms with Crippen LogP contribution in [0.4, 0.5) is 13.2 Å². The molecular weight excluding hydrogens is 375 g/mol. The lowest BCUT2D eigenvalue weighted by Crippen LogP contribution is -2.45. The van der Waals surface area contributed by atoms with E-state index in [9.17, 15) is 18.0 Å². The van der Waals surface area contributed by atoms with Gasteiger partial charge in [0.15, 0.2) is 5.69 Å². The van der Waals surface area contributed by atoms with E-state index in [1.54, 1.807) is 24.1 Å². The number of benzene rings is 1. The summed E-state index contributed by atoms with van der Waals surface area (Å²) in [7, 11) is 1.57. The van der Waals surface area contributed by atoms with Crippen molar-refractivity contribution >= 4 is 5.91 Å². The molecule has 2 aromatic rings. The maximum absolute atomic E-state index is 12.8. The fourth-order valence-electron chi connectivity index (χ4n) is 3.00. The molecule has 0 spiro atoms. The Kier molecular flexibility index (Phi) is 6.01. The normalized spacial score (nSPS) is 17.3. The van der Waals surface area contributed by atoms with Crippen LogP contribution < -0.4 is 9.47 Å². The van der Waals surface area contributed by atoms with Gasteiger partial charge in [-0.25, -0.2) is 4.98 Å². The van der Waals surface area contributed by atoms with Crippen molar-refractivity contribution in [1.82, 2.24) is 14.9 Å². The zero-order chi connectivity index (χ0) is 20.1. The number of hydrogen-bond acceptors (Lipinski definition) is 5. The molecule has 6 nitrogen and oxygen atoms in total. The van der Waals surface area contributed by atoms with Crippen LogP contribution >= 0.6 is 0 Å². The number of amides is 1. The minimum atomic E-state index is -4.56. The average molecular weight is 395 g/mol. The zero-order valence-electron chi connectivity index (χ0n) is 15.3. The van der Waals surface area contributed by atoms with Gasteiger partial charge in [-0.1, -0.05) is 12.1 Å². The summed E-state index contributed by atoms with van der Waals surface area (Å²) in [6.45, 7) is 0.868. The highest BCUT2D eigenvalue weighted by atomic mass is 19.4. The SMILES string of the molecule is COc1ccc(CC(=O)N2CCCC(Oc3nccc(C(F)(F)F)n3)C2)cc1. The van der Waals surface area contributed by atoms with E-state index in [1.807, 2.05) is 12.1 Å². The van der Waals surface area contributed by atoms with Crippen LogP contribution in [0.15, 0.2) is 36.5 Å². The monoisotopic (exact) mass is 395 g/mol. The fraction of sp³-hybridized carbons (Fsp3) is 0.421. The number of aromatic nitrogens is 2. The molecule has 28 heavy (non-hydrogen) atoms. The third-order valence-electron chi connectivity index (χ3n) is 4.44. The van der Waals surface area contributed by atoms with Gasteiger partial charge in [0.25, 0.3) is 0 Å². The molecule has 9 heteroatoms. The first-order valence-electron chi connectivity index (χ1n) is 8.83. The smallest absolute Gasteiger partial charge is 0.433 e. The first-order valence-corrected chi connectivity index (χ1v) is 8.83. The third kappa shape index (κ3) is 5.11. The molecule has 0 radical (unpaired) electrons. The van der Waals surface area contributed by atoms with E-state index in [0.717, 1.165) is 17.8 Å². The van der Waals surface area contributed by atoms with Crippen LogP contribution in [0.3, 0.4) is 0 Å². The molecule has 1 aliphatic heterocycles. The van der Waals surface area contributed by atoms with Crippen LogP contribution in [0.2, 0.25) is 0 Å². The number of alkyl halides is 3. The molecule has 1 aromatic carbocycles. The Bertz CT molecular complexity index is 812. The summed E-state index contributed by atoms with van der Waals surface area (Å²) in [5.41, 5.74) is -0.198. The minimum Gasteiger partial charge on any atom is -0.497 e. The minimum absolute atomic E-state index is 0.0663. The molecule has 2 heterocycles. The van der Waals surface area contributed by atoms with Crippen LogP contribution in [-0.4, -0.2) is 47.1 Å². The van der Waals surface area contributed by atoms with Crippen LogP contribution in [-0.2, 0) is 17.4 Å². The largest absolute Gasteiger partial charge is 0.497 e. The second kappa shape index (κ2) is 8.45. The van der Waals surface area contributed by atoms with Crippen LogP contribution in [0, 0.1) is 0 Å². The van der Waals surface area contributed by atoms with Gasteiger partial charge in [-0.3, -0.25) is 4.79 Å². The van der Waals surface area contributed by atoms with Crippen LogP contribution in [0.5, 0.6) is 11.8 Å². The number of methoxy groups -OCH3 is 1. The van der Waals surface area contributed by atoms with E-state index in [0.29, 0.717) is 25.1 Å². The van der Waals surface area contributed by atoms with Crippen molar-refractivity contribution < 1.29 is 27.4 Å². The molecule has 1 fully saturated rings. The van der Waals surface area contributed by atoms with E-state index >= 15 is 0 Å². The summed E-state index contributed by atoms with van der Waals surface area (Å²) in [5.74, 6) is 0.646. The second-order valence-corrected chi connectivity index (χ2v) is 6.47. The molecule has 3 rings (SSSR count). The Hall–Kier alpha value is -2.84. The number of ether oxygens (including phenoxy) is 2. The van der Waals surface area contributed by atoms with Gasteiger partial charge >= 0.3 is 12.2 Å². The predicted octanol–water partition coefficient (Wildman–Crippen LogP) is 3.12. The number of nitrogens with zero attached hydrogens (tertiary/aromatic N) is 3. The van der Waals surface area contributed by atoms with E-state index in [1.165, 1.54) is 0 Å². The van der Waals surface area contributed by atoms with Gasteiger partial charge in [0, 0.05) is 12.7 Å². The van der Waals surface area contributed by atoms with Gasteiger partial charge in [0.05, 0.1) is 20.1 Å². The highest BCUT2D eigenvalue weighted by Crippen LogP contribution is 2.28. The third-order valence-corrected chi connectivity index (χ3v) is 4.44. The molecular formula is C19H20F3N3O3. The quantitative estimate of drug-likeness (QED) is 0.778. The van der Waals surface area contributed by atoms with Gasteiger partial charge in [-0.2, -0.15) is 18.2 Å². The van der Waals surface area contributed by atoms with Gasteiger partial charge in [-0.05, 0) is 36.6 Å². The summed E-state index contributed by atoms with van der Waals surface area (Å²) < 4.78 is 48.9. The highest BCUT2D eigenvalue weighted by Gasteiger charge is 2.33. The molecule has 0 bridgehead atoms. The molecule has 0 saturated carbocycles. The molecule has 1 unspecified atom stereocenters. The number of halogens is 3. The summed E-state index contributed by atoms with van der Waals surface area (Å²) in [6.07, 6.45) is -2.45. The van der Waals surface area contributed by atoms with Crippen molar-refractivity contribution in [1.29, 1.82) is 0 Å². The summed E-state index contributed by atoms with van der Waals surface area (Å²) in [5, 5.41) is 0. The molecule has 1 saturated heterocycles. The number of carbonyl (C=O) groups excluding carboxylic acids is 1. The molecule has 1 aromatic heterocycles. The van der Waals surface area contributed by atoms with E-state index in [-0.39, 0.29) is 24.9 Å². The van der Waals surface area contributed by atoms with Crippen molar-refractivity contribution in [2.24, 2.45) is 0 Å². The maximum Gasteiger partial charge on any atom is 0.433 e. The zero-order valence-corrected chi connectivity index (χ0v) is 15.3. The fourth-order valence-corrected chi connectivity index (χ4v) is 3.00. The van der Waals surface area contributed by atoms with Crippen molar-refractivity contribution in [3.05, 3.63) is 47.8 Å². The Morgan fingerprint density at radius 2 is 2.00 bits per heavy atom. The summed E-state index contributed by atoms with van der Waals surface area (Å²) in [6, 6.07) is 7.68. The number of likely N-dealkylation sites (tertiary alicyclic amines) is 1. The molecule has 1 atom stereocenters. The van der Waals surface area contributed by atoms with Gasteiger partial charge in [0.2, 0.25) is 5.91 Å². The standard InChI is InChI=1S/C19H20F3N3O3/c1-27-14-6-4-13(5-7-14)11-17(26)25-10-2-3-15(12-25)28-18-23-9-8-16(24-18)19(20,21)22/h4-9,15H,2-3,10-12H2,1H3. The van der Waals surface area contributed by atoms with Gasteiger partial charge < -0.3 is 14.4 Å². The lowest BCUT2D eigenvalue weighted by Gasteiger charge is -2.32. The molecule has 0 N–H and O–H groups in total. The average Bonchev–Trinajstić information content (AvgIpc) is 2.68. The number of rotatable bonds is 5. The first-order chi connectivity index (χ1) is 13.3. The van der Waals surface area contributed by atoms with Crippen molar-refractivity contribution in [2.45, 2.75) is 31.5 Å². The lowest BCUT2D eigenvalue weighted by atomic mass is 10.1. The second-order valence-electron chi connectivity index (χ2n) is 6.47. The Labute approximate surface area is 160 Å². The van der Waals surface area contributed by atoms with Gasteiger partial charge in [-0.15, -0.1) is 0 Å². The molecule has 1 amide bonds. The topological polar surface area (TPSA) is 64.5 Å². The Morgan fingerprint density at radius 3 is 2.68 bits per heavy atom. The lowest BCUT2D eigenvalue weighted by molar-refractivity contribution is -0.141. The van der Waals surface area contributed by atoms with Crippen molar-refractivity contribution in [3.63, 3.8) is 0 Å². The first kappa shape index (κ1) is 19.9. The van der Waals surface area contributed by atoms with E-state index in [4.69, 9.17) is 9.47 Å². The number of hydrogen-bond donors (Lipinski definition) is 0. The van der Waals surface area contributed by atoms with Crippen molar-refractivity contribution in [2.75, 3.05) is 20.2 Å². The van der Waals surface area contributed by atoms with Crippen LogP contribution in [0.25, 0.3) is 0 Å². The molecule has 1 aliphatic rings. The molecule has 150 valence electrons. The van der Waals surface area contributed by atoms with Gasteiger partial charge in [0.1, 0.15) is 11.9 Å². The highest BCUT2D eigenvalue weighted by molar-refractivity contribution is 5.79. The summed E-state index contributed by atoms with van der Waals surface area (Å²) in [4.78, 5) is 21.4. The molecule has 0 aliphatic carbocycles. The Morgan fingerprint density at radius 1 is 1.25 bits per heavy atom. The summed E-state index contributed by atoms with van der Waals surface area (Å²) >= 11 is 0.